The third kappa shape index (κ3) is 10.9. The zero-order valence-corrected chi connectivity index (χ0v) is 34.4. The monoisotopic (exact) mass is 872 g/mol. The minimum atomic E-state index is -1.51. The first-order valence-corrected chi connectivity index (χ1v) is 18.8. The summed E-state index contributed by atoms with van der Waals surface area (Å²) < 4.78 is 15.5. The van der Waals surface area contributed by atoms with Crippen molar-refractivity contribution in [3.63, 3.8) is 0 Å². The molecule has 5 aromatic carbocycles. The van der Waals surface area contributed by atoms with Gasteiger partial charge in [-0.25, -0.2) is 4.79 Å². The number of benzene rings is 5. The second kappa shape index (κ2) is 20.6. The van der Waals surface area contributed by atoms with E-state index in [1.54, 1.807) is 25.1 Å². The number of methoxy groups -OCH3 is 3. The van der Waals surface area contributed by atoms with Crippen LogP contribution < -0.4 is 36.1 Å². The maximum absolute atomic E-state index is 13.4. The van der Waals surface area contributed by atoms with Crippen molar-refractivity contribution in [2.75, 3.05) is 42.6 Å². The van der Waals surface area contributed by atoms with Gasteiger partial charge in [0.25, 0.3) is 29.5 Å². The van der Waals surface area contributed by atoms with E-state index in [0.29, 0.717) is 16.8 Å². The molecule has 0 aliphatic carbocycles. The fourth-order valence-electron chi connectivity index (χ4n) is 6.00. The molecular formula is C45H40N6O13. The third-order valence-electron chi connectivity index (χ3n) is 9.35. The van der Waals surface area contributed by atoms with Gasteiger partial charge in [0.2, 0.25) is 0 Å². The van der Waals surface area contributed by atoms with Gasteiger partial charge in [0, 0.05) is 35.2 Å². The Morgan fingerprint density at radius 1 is 0.625 bits per heavy atom. The van der Waals surface area contributed by atoms with E-state index in [1.165, 1.54) is 93.1 Å². The number of carbonyl (C=O) groups excluding carboxylic acids is 5. The van der Waals surface area contributed by atoms with Gasteiger partial charge in [0.15, 0.2) is 29.1 Å². The summed E-state index contributed by atoms with van der Waals surface area (Å²) in [6.45, 7) is 1.62. The van der Waals surface area contributed by atoms with E-state index in [0.717, 1.165) is 13.2 Å². The molecule has 2 atom stereocenters. The zero-order valence-electron chi connectivity index (χ0n) is 34.4. The molecule has 328 valence electrons. The number of phenols is 3. The van der Waals surface area contributed by atoms with Gasteiger partial charge < -0.3 is 61.2 Å². The Balaban J connectivity index is 1.22. The van der Waals surface area contributed by atoms with Crippen LogP contribution in [0.15, 0.2) is 103 Å². The Kier molecular flexibility index (Phi) is 14.9. The molecule has 2 unspecified atom stereocenters. The maximum Gasteiger partial charge on any atom is 0.339 e. The molecule has 5 aromatic rings. The molecule has 0 aromatic heterocycles. The van der Waals surface area contributed by atoms with E-state index < -0.39 is 64.7 Å². The molecule has 5 amide bonds. The van der Waals surface area contributed by atoms with Crippen LogP contribution in [0.5, 0.6) is 28.7 Å². The molecule has 19 nitrogen and oxygen atoms in total. The number of nitrogens with zero attached hydrogens (tertiary/aromatic N) is 1. The summed E-state index contributed by atoms with van der Waals surface area (Å²) >= 11 is 0. The lowest BCUT2D eigenvalue weighted by atomic mass is 10.1. The van der Waals surface area contributed by atoms with E-state index in [4.69, 9.17) is 14.2 Å². The van der Waals surface area contributed by atoms with Crippen LogP contribution in [-0.2, 0) is 14.3 Å². The van der Waals surface area contributed by atoms with E-state index in [-0.39, 0.29) is 51.0 Å². The molecular weight excluding hydrogens is 833 g/mol. The predicted octanol–water partition coefficient (Wildman–Crippen LogP) is 5.34. The molecule has 0 radical (unpaired) electrons. The molecule has 9 N–H and O–H groups in total. The number of amides is 5. The summed E-state index contributed by atoms with van der Waals surface area (Å²) in [5.74, 6) is -6.89. The van der Waals surface area contributed by atoms with E-state index in [9.17, 15) is 54.5 Å². The van der Waals surface area contributed by atoms with Crippen molar-refractivity contribution in [3.05, 3.63) is 130 Å². The van der Waals surface area contributed by atoms with Crippen molar-refractivity contribution in [2.45, 2.75) is 19.1 Å². The van der Waals surface area contributed by atoms with Gasteiger partial charge in [-0.1, -0.05) is 12.1 Å². The van der Waals surface area contributed by atoms with Crippen molar-refractivity contribution in [1.29, 1.82) is 5.26 Å². The lowest BCUT2D eigenvalue weighted by Crippen LogP contribution is -2.51. The highest BCUT2D eigenvalue weighted by Crippen LogP contribution is 2.40. The molecule has 0 aliphatic rings. The first-order chi connectivity index (χ1) is 30.6. The van der Waals surface area contributed by atoms with Crippen LogP contribution in [-0.4, -0.2) is 89.4 Å². The highest BCUT2D eigenvalue weighted by Gasteiger charge is 2.31. The van der Waals surface area contributed by atoms with Crippen molar-refractivity contribution in [3.8, 4) is 34.8 Å². The summed E-state index contributed by atoms with van der Waals surface area (Å²) in [6, 6.07) is 22.6. The fraction of sp³-hybridized carbons (Fsp3) is 0.133. The van der Waals surface area contributed by atoms with Crippen LogP contribution >= 0.6 is 0 Å². The Morgan fingerprint density at radius 3 is 1.64 bits per heavy atom. The van der Waals surface area contributed by atoms with E-state index >= 15 is 0 Å². The molecule has 0 spiro atoms. The number of aromatic hydroxyl groups is 3. The number of nitrogens with one attached hydrogen (secondary N) is 5. The molecule has 19 heteroatoms. The van der Waals surface area contributed by atoms with Gasteiger partial charge in [-0.2, -0.15) is 5.26 Å². The molecule has 0 bridgehead atoms. The number of carboxylic acid groups (broad SMARTS) is 1. The number of anilines is 4. The number of carboxylic acids is 1. The largest absolute Gasteiger partial charge is 0.508 e. The van der Waals surface area contributed by atoms with Crippen LogP contribution in [0.4, 0.5) is 22.7 Å². The lowest BCUT2D eigenvalue weighted by molar-refractivity contribution is -0.120. The topological polar surface area (TPSA) is 295 Å². The summed E-state index contributed by atoms with van der Waals surface area (Å²) in [7, 11) is 3.53. The Labute approximate surface area is 364 Å². The summed E-state index contributed by atoms with van der Waals surface area (Å²) in [4.78, 5) is 77.2. The van der Waals surface area contributed by atoms with Crippen LogP contribution in [0.1, 0.15) is 53.9 Å². The SMILES string of the molecule is COc1c(NC(=O)c2ccc(NC(=O)c3ccc(NC(=O)C(NC(=O)c4ccc(NC(=O)C(C)=Cc5ccc(O)cc5)cc4)C(C#N)OC)cc3)c(OC)c2O)ccc(C(=O)O)c1O. The second-order valence-corrected chi connectivity index (χ2v) is 13.6. The number of nitriles is 1. The quantitative estimate of drug-likeness (QED) is 0.0566. The summed E-state index contributed by atoms with van der Waals surface area (Å²) in [5, 5.41) is 62.5. The molecule has 64 heavy (non-hydrogen) atoms. The van der Waals surface area contributed by atoms with E-state index in [1.807, 2.05) is 6.07 Å². The number of carbonyl (C=O) groups is 6. The van der Waals surface area contributed by atoms with Gasteiger partial charge in [-0.3, -0.25) is 24.0 Å². The maximum atomic E-state index is 13.4. The van der Waals surface area contributed by atoms with Gasteiger partial charge in [-0.05, 0) is 103 Å². The Bertz CT molecular complexity index is 2680. The number of rotatable bonds is 16. The summed E-state index contributed by atoms with van der Waals surface area (Å²) in [5.41, 5.74) is 0.907. The lowest BCUT2D eigenvalue weighted by Gasteiger charge is -2.22. The van der Waals surface area contributed by atoms with Crippen LogP contribution in [0.2, 0.25) is 0 Å². The highest BCUT2D eigenvalue weighted by atomic mass is 16.5. The number of hydrogen-bond donors (Lipinski definition) is 9. The molecule has 0 fully saturated rings. The number of ether oxygens (including phenoxy) is 3. The van der Waals surface area contributed by atoms with Crippen LogP contribution in [0.3, 0.4) is 0 Å². The standard InChI is InChI=1S/C45H40N6O13/c1-23(21-24-5-15-29(52)16-6-24)40(55)47-27-11-9-26(10-12-27)42(57)51-35(34(22-46)62-2)44(59)48-28-13-7-25(8-14-28)41(56)49-32-19-17-30(36(53)38(32)63-3)43(58)50-33-20-18-31(45(60)61)37(54)39(33)64-4/h5-21,34-35,52-54H,1-4H3,(H,47,55)(H,48,59)(H,49,56)(H,50,58)(H,51,57)(H,60,61). The molecule has 0 heterocycles. The number of aromatic carboxylic acids is 1. The van der Waals surface area contributed by atoms with Crippen LogP contribution in [0.25, 0.3) is 6.08 Å². The van der Waals surface area contributed by atoms with Crippen LogP contribution in [0, 0.1) is 11.3 Å². The van der Waals surface area contributed by atoms with Crippen molar-refractivity contribution in [2.24, 2.45) is 0 Å². The van der Waals surface area contributed by atoms with Crippen molar-refractivity contribution >= 4 is 64.3 Å². The molecule has 0 saturated heterocycles. The Morgan fingerprint density at radius 2 is 1.12 bits per heavy atom. The minimum Gasteiger partial charge on any atom is -0.508 e. The highest BCUT2D eigenvalue weighted by molar-refractivity contribution is 6.11. The molecule has 0 saturated carbocycles. The fourth-order valence-corrected chi connectivity index (χ4v) is 6.00. The smallest absolute Gasteiger partial charge is 0.339 e. The Hall–Kier alpha value is -8.89. The normalized spacial score (nSPS) is 11.8. The molecule has 0 aliphatic heterocycles. The first kappa shape index (κ1) is 46.2. The predicted molar refractivity (Wildman–Crippen MR) is 232 cm³/mol. The van der Waals surface area contributed by atoms with Gasteiger partial charge in [-0.15, -0.1) is 0 Å². The molecule has 5 rings (SSSR count). The van der Waals surface area contributed by atoms with E-state index in [2.05, 4.69) is 26.6 Å². The average Bonchev–Trinajstić information content (AvgIpc) is 3.27. The van der Waals surface area contributed by atoms with Crippen molar-refractivity contribution < 1.29 is 63.4 Å². The van der Waals surface area contributed by atoms with Gasteiger partial charge >= 0.3 is 5.97 Å². The first-order valence-electron chi connectivity index (χ1n) is 18.8. The average molecular weight is 873 g/mol. The van der Waals surface area contributed by atoms with Crippen molar-refractivity contribution in [1.82, 2.24) is 5.32 Å². The van der Waals surface area contributed by atoms with Gasteiger partial charge in [0.05, 0.1) is 37.2 Å². The number of phenolic OH excluding ortho intramolecular Hbond substituents is 2. The summed E-state index contributed by atoms with van der Waals surface area (Å²) in [6.07, 6.45) is 0.221. The minimum absolute atomic E-state index is 0.0331. The number of hydrogen-bond acceptors (Lipinski definition) is 13. The van der Waals surface area contributed by atoms with Gasteiger partial charge in [0.1, 0.15) is 17.4 Å². The zero-order chi connectivity index (χ0) is 46.7. The third-order valence-corrected chi connectivity index (χ3v) is 9.35. The second-order valence-electron chi connectivity index (χ2n) is 13.6.